The number of piperazine rings is 1. The first-order chi connectivity index (χ1) is 20.4. The Morgan fingerprint density at radius 3 is 2.45 bits per heavy atom. The molecule has 12 heteroatoms. The average molecular weight is 578 g/mol. The quantitative estimate of drug-likeness (QED) is 0.311. The number of anilines is 4. The minimum Gasteiger partial charge on any atom is -0.433 e. The molecule has 0 atom stereocenters. The van der Waals surface area contributed by atoms with Crippen LogP contribution in [0, 0.1) is 0 Å². The van der Waals surface area contributed by atoms with Gasteiger partial charge in [-0.3, -0.25) is 9.58 Å². The van der Waals surface area contributed by atoms with Crippen LogP contribution in [0.3, 0.4) is 0 Å². The van der Waals surface area contributed by atoms with Crippen LogP contribution >= 0.6 is 0 Å². The van der Waals surface area contributed by atoms with Crippen molar-refractivity contribution in [2.24, 2.45) is 7.05 Å². The van der Waals surface area contributed by atoms with E-state index in [9.17, 15) is 8.78 Å². The highest BCUT2D eigenvalue weighted by Crippen LogP contribution is 2.40. The number of nitrogens with zero attached hydrogens (tertiary/aromatic N) is 7. The summed E-state index contributed by atoms with van der Waals surface area (Å²) in [7, 11) is 5.90. The largest absolute Gasteiger partial charge is 0.433 e. The lowest BCUT2D eigenvalue weighted by molar-refractivity contribution is -0.0493. The maximum Gasteiger partial charge on any atom is 0.387 e. The fraction of sp³-hybridized carbons (Fsp3) is 0.433. The molecule has 2 aliphatic heterocycles. The molecule has 0 saturated carbocycles. The molecule has 2 aromatic heterocycles. The summed E-state index contributed by atoms with van der Waals surface area (Å²) < 4.78 is 34.0. The lowest BCUT2D eigenvalue weighted by Crippen LogP contribution is -2.52. The van der Waals surface area contributed by atoms with Crippen molar-refractivity contribution in [2.75, 3.05) is 68.9 Å². The minimum atomic E-state index is -2.96. The first kappa shape index (κ1) is 28.1. The molecular weight excluding hydrogens is 540 g/mol. The van der Waals surface area contributed by atoms with Gasteiger partial charge in [0.05, 0.1) is 34.5 Å². The van der Waals surface area contributed by atoms with Crippen LogP contribution in [-0.4, -0.2) is 95.6 Å². The third kappa shape index (κ3) is 5.95. The number of likely N-dealkylation sites (N-methyl/N-ethyl adjacent to an activating group) is 1. The van der Waals surface area contributed by atoms with E-state index in [1.165, 1.54) is 6.33 Å². The molecule has 2 aliphatic rings. The molecule has 2 saturated heterocycles. The molecular formula is C30H37F2N9O. The highest BCUT2D eigenvalue weighted by Gasteiger charge is 2.28. The standard InChI is InChI=1S/C30H37F2N9O/c1-33-24-15-25(37-29-16-23(34-19-35-29)20-4-5-21-18-36-39(3)26(21)14-20)28(42-30(31)32)17-27(24)41-8-6-22(7-9-41)40-12-10-38(2)11-13-40/h4-5,14-19,22,30,33H,6-13H2,1-3H3,(H,34,35,37). The maximum absolute atomic E-state index is 13.6. The van der Waals surface area contributed by atoms with Crippen molar-refractivity contribution >= 4 is 33.8 Å². The van der Waals surface area contributed by atoms with Gasteiger partial charge in [0.2, 0.25) is 0 Å². The van der Waals surface area contributed by atoms with Gasteiger partial charge in [0.15, 0.2) is 5.75 Å². The number of nitrogens with one attached hydrogen (secondary N) is 2. The normalized spacial score (nSPS) is 17.2. The Kier molecular flexibility index (Phi) is 8.07. The van der Waals surface area contributed by atoms with Gasteiger partial charge >= 0.3 is 6.61 Å². The molecule has 0 unspecified atom stereocenters. The number of piperidine rings is 1. The van der Waals surface area contributed by atoms with Crippen molar-refractivity contribution in [1.29, 1.82) is 0 Å². The van der Waals surface area contributed by atoms with Crippen molar-refractivity contribution in [3.63, 3.8) is 0 Å². The fourth-order valence-corrected chi connectivity index (χ4v) is 6.01. The predicted molar refractivity (Wildman–Crippen MR) is 162 cm³/mol. The SMILES string of the molecule is CNc1cc(Nc2cc(-c3ccc4cnn(C)c4c3)ncn2)c(OC(F)F)cc1N1CCC(N2CCN(C)CC2)CC1. The van der Waals surface area contributed by atoms with Crippen LogP contribution in [0.5, 0.6) is 5.75 Å². The summed E-state index contributed by atoms with van der Waals surface area (Å²) >= 11 is 0. The molecule has 2 fully saturated rings. The van der Waals surface area contributed by atoms with Gasteiger partial charge in [-0.1, -0.05) is 12.1 Å². The van der Waals surface area contributed by atoms with E-state index in [0.717, 1.165) is 80.0 Å². The average Bonchev–Trinajstić information content (AvgIpc) is 3.38. The Morgan fingerprint density at radius 2 is 1.71 bits per heavy atom. The predicted octanol–water partition coefficient (Wildman–Crippen LogP) is 4.63. The van der Waals surface area contributed by atoms with Gasteiger partial charge in [0.25, 0.3) is 0 Å². The zero-order valence-corrected chi connectivity index (χ0v) is 24.2. The summed E-state index contributed by atoms with van der Waals surface area (Å²) in [6.45, 7) is 3.12. The summed E-state index contributed by atoms with van der Waals surface area (Å²) in [4.78, 5) is 16.0. The summed E-state index contributed by atoms with van der Waals surface area (Å²) in [5.41, 5.74) is 4.64. The Bertz CT molecular complexity index is 1530. The zero-order valence-electron chi connectivity index (χ0n) is 24.2. The van der Waals surface area contributed by atoms with Crippen LogP contribution < -0.4 is 20.3 Å². The molecule has 0 aliphatic carbocycles. The van der Waals surface area contributed by atoms with E-state index in [1.807, 2.05) is 49.2 Å². The number of aryl methyl sites for hydroxylation is 1. The summed E-state index contributed by atoms with van der Waals surface area (Å²) in [6, 6.07) is 11.8. The number of hydrogen-bond donors (Lipinski definition) is 2. The molecule has 0 radical (unpaired) electrons. The molecule has 0 spiro atoms. The monoisotopic (exact) mass is 577 g/mol. The molecule has 0 amide bonds. The molecule has 0 bridgehead atoms. The molecule has 10 nitrogen and oxygen atoms in total. The van der Waals surface area contributed by atoms with Gasteiger partial charge in [-0.05, 0) is 32.0 Å². The number of rotatable bonds is 8. The summed E-state index contributed by atoms with van der Waals surface area (Å²) in [5, 5.41) is 11.8. The van der Waals surface area contributed by atoms with Crippen molar-refractivity contribution < 1.29 is 13.5 Å². The molecule has 42 heavy (non-hydrogen) atoms. The van der Waals surface area contributed by atoms with Crippen LogP contribution in [0.2, 0.25) is 0 Å². The molecule has 2 aromatic carbocycles. The van der Waals surface area contributed by atoms with Gasteiger partial charge in [-0.25, -0.2) is 9.97 Å². The third-order valence-corrected chi connectivity index (χ3v) is 8.42. The van der Waals surface area contributed by atoms with Gasteiger partial charge in [-0.2, -0.15) is 13.9 Å². The number of ether oxygens (including phenoxy) is 1. The van der Waals surface area contributed by atoms with Crippen molar-refractivity contribution in [3.8, 4) is 17.0 Å². The van der Waals surface area contributed by atoms with Crippen LogP contribution in [0.4, 0.5) is 31.7 Å². The Hall–Kier alpha value is -4.03. The topological polar surface area (TPSA) is 86.6 Å². The van der Waals surface area contributed by atoms with E-state index in [1.54, 1.807) is 12.1 Å². The van der Waals surface area contributed by atoms with Crippen LogP contribution in [0.15, 0.2) is 48.9 Å². The van der Waals surface area contributed by atoms with Gasteiger partial charge in [0, 0.05) is 82.5 Å². The fourth-order valence-electron chi connectivity index (χ4n) is 6.01. The van der Waals surface area contributed by atoms with Gasteiger partial charge in [-0.15, -0.1) is 0 Å². The van der Waals surface area contributed by atoms with E-state index < -0.39 is 6.61 Å². The third-order valence-electron chi connectivity index (χ3n) is 8.42. The summed E-state index contributed by atoms with van der Waals surface area (Å²) in [5.74, 6) is 0.531. The smallest absolute Gasteiger partial charge is 0.387 e. The van der Waals surface area contributed by atoms with Crippen molar-refractivity contribution in [1.82, 2.24) is 29.5 Å². The van der Waals surface area contributed by atoms with E-state index in [-0.39, 0.29) is 5.75 Å². The van der Waals surface area contributed by atoms with Crippen molar-refractivity contribution in [3.05, 3.63) is 48.9 Å². The van der Waals surface area contributed by atoms with E-state index >= 15 is 0 Å². The van der Waals surface area contributed by atoms with E-state index in [4.69, 9.17) is 4.74 Å². The summed E-state index contributed by atoms with van der Waals surface area (Å²) in [6.07, 6.45) is 5.34. The Balaban J connectivity index is 1.23. The molecule has 2 N–H and O–H groups in total. The van der Waals surface area contributed by atoms with Gasteiger partial charge in [0.1, 0.15) is 12.1 Å². The second-order valence-electron chi connectivity index (χ2n) is 11.0. The zero-order chi connectivity index (χ0) is 29.2. The minimum absolute atomic E-state index is 0.0663. The van der Waals surface area contributed by atoms with Crippen LogP contribution in [-0.2, 0) is 7.05 Å². The second-order valence-corrected chi connectivity index (χ2v) is 11.0. The van der Waals surface area contributed by atoms with Crippen molar-refractivity contribution in [2.45, 2.75) is 25.5 Å². The molecule has 4 heterocycles. The molecule has 6 rings (SSSR count). The second kappa shape index (κ2) is 12.1. The van der Waals surface area contributed by atoms with E-state index in [2.05, 4.69) is 47.4 Å². The van der Waals surface area contributed by atoms with E-state index in [0.29, 0.717) is 23.2 Å². The number of alkyl halides is 2. The lowest BCUT2D eigenvalue weighted by atomic mass is 10.0. The highest BCUT2D eigenvalue weighted by atomic mass is 19.3. The molecule has 4 aromatic rings. The number of benzene rings is 2. The Morgan fingerprint density at radius 1 is 0.929 bits per heavy atom. The number of fused-ring (bicyclic) bond motifs is 1. The Labute approximate surface area is 244 Å². The van der Waals surface area contributed by atoms with Gasteiger partial charge < -0.3 is 25.2 Å². The number of aromatic nitrogens is 4. The maximum atomic E-state index is 13.6. The first-order valence-corrected chi connectivity index (χ1v) is 14.4. The number of hydrogen-bond acceptors (Lipinski definition) is 9. The van der Waals surface area contributed by atoms with Crippen LogP contribution in [0.1, 0.15) is 12.8 Å². The highest BCUT2D eigenvalue weighted by molar-refractivity contribution is 5.85. The number of halogens is 2. The molecule has 222 valence electrons. The first-order valence-electron chi connectivity index (χ1n) is 14.4. The lowest BCUT2D eigenvalue weighted by Gasteiger charge is -2.43. The van der Waals surface area contributed by atoms with Crippen LogP contribution in [0.25, 0.3) is 22.2 Å².